The van der Waals surface area contributed by atoms with Crippen molar-refractivity contribution in [3.63, 3.8) is 0 Å². The Morgan fingerprint density at radius 1 is 1.08 bits per heavy atom. The number of nitrogens with one attached hydrogen (secondary N) is 2. The molecule has 1 aliphatic rings. The minimum atomic E-state index is -1.17. The zero-order valence-corrected chi connectivity index (χ0v) is 20.3. The van der Waals surface area contributed by atoms with Crippen molar-refractivity contribution in [3.05, 3.63) is 69.2 Å². The van der Waals surface area contributed by atoms with Crippen LogP contribution < -0.4 is 11.1 Å². The Labute approximate surface area is 211 Å². The number of piperazine rings is 1. The quantitative estimate of drug-likeness (QED) is 0.373. The van der Waals surface area contributed by atoms with E-state index in [0.717, 1.165) is 5.56 Å². The van der Waals surface area contributed by atoms with E-state index in [0.29, 0.717) is 67.3 Å². The van der Waals surface area contributed by atoms with E-state index in [1.165, 1.54) is 0 Å². The molecule has 190 valence electrons. The van der Waals surface area contributed by atoms with Crippen molar-refractivity contribution < 1.29 is 23.9 Å². The first-order valence-corrected chi connectivity index (χ1v) is 12.0. The van der Waals surface area contributed by atoms with Gasteiger partial charge in [0.25, 0.3) is 0 Å². The molecule has 3 aromatic rings. The van der Waals surface area contributed by atoms with E-state index < -0.39 is 17.8 Å². The van der Waals surface area contributed by atoms with Crippen molar-refractivity contribution in [1.29, 1.82) is 0 Å². The van der Waals surface area contributed by atoms with Crippen LogP contribution in [-0.4, -0.2) is 76.9 Å². The van der Waals surface area contributed by atoms with Crippen LogP contribution >= 0.6 is 11.6 Å². The lowest BCUT2D eigenvalue weighted by Crippen LogP contribution is -2.52. The first-order chi connectivity index (χ1) is 17.3. The molecule has 2 aromatic carbocycles. The highest BCUT2D eigenvalue weighted by Gasteiger charge is 2.28. The highest BCUT2D eigenvalue weighted by atomic mass is 35.5. The number of hydrogen-bond acceptors (Lipinski definition) is 6. The maximum Gasteiger partial charge on any atom is 0.417 e. The van der Waals surface area contributed by atoms with Crippen LogP contribution in [0.15, 0.2) is 51.7 Å². The van der Waals surface area contributed by atoms with Crippen molar-refractivity contribution in [3.8, 4) is 0 Å². The summed E-state index contributed by atoms with van der Waals surface area (Å²) in [5.74, 6) is -1.24. The van der Waals surface area contributed by atoms with Gasteiger partial charge in [-0.15, -0.1) is 0 Å². The summed E-state index contributed by atoms with van der Waals surface area (Å²) in [6, 6.07) is 12.0. The Morgan fingerprint density at radius 3 is 2.50 bits per heavy atom. The van der Waals surface area contributed by atoms with Crippen LogP contribution in [0.4, 0.5) is 4.79 Å². The maximum absolute atomic E-state index is 13.2. The van der Waals surface area contributed by atoms with E-state index in [4.69, 9.17) is 21.1 Å². The van der Waals surface area contributed by atoms with Gasteiger partial charge < -0.3 is 19.7 Å². The molecule has 1 aliphatic heterocycles. The van der Waals surface area contributed by atoms with E-state index in [1.54, 1.807) is 35.2 Å². The topological polar surface area (TPSA) is 136 Å². The zero-order chi connectivity index (χ0) is 25.7. The normalized spacial score (nSPS) is 15.1. The van der Waals surface area contributed by atoms with Crippen LogP contribution in [0.25, 0.3) is 11.1 Å². The number of fused-ring (bicyclic) bond motifs is 1. The van der Waals surface area contributed by atoms with Crippen molar-refractivity contribution >= 4 is 40.5 Å². The molecular weight excluding hydrogens is 488 g/mol. The second-order valence-corrected chi connectivity index (χ2v) is 9.22. The lowest BCUT2D eigenvalue weighted by molar-refractivity contribution is -0.137. The van der Waals surface area contributed by atoms with E-state index >= 15 is 0 Å². The summed E-state index contributed by atoms with van der Waals surface area (Å²) in [6.45, 7) is 2.80. The molecule has 10 nitrogen and oxygen atoms in total. The number of carbonyl (C=O) groups excluding carboxylic acids is 2. The molecule has 36 heavy (non-hydrogen) atoms. The maximum atomic E-state index is 13.2. The van der Waals surface area contributed by atoms with Gasteiger partial charge in [0.1, 0.15) is 0 Å². The van der Waals surface area contributed by atoms with Crippen molar-refractivity contribution in [1.82, 2.24) is 20.1 Å². The van der Waals surface area contributed by atoms with Gasteiger partial charge in [0, 0.05) is 56.3 Å². The molecule has 0 spiro atoms. The molecule has 2 amide bonds. The number of H-pyrrole nitrogens is 1. The fraction of sp³-hybridized carbons (Fsp3) is 0.360. The second kappa shape index (κ2) is 11.4. The molecule has 4 rings (SSSR count). The van der Waals surface area contributed by atoms with Crippen LogP contribution in [0.1, 0.15) is 22.3 Å². The first-order valence-electron chi connectivity index (χ1n) is 11.7. The van der Waals surface area contributed by atoms with Gasteiger partial charge in [-0.2, -0.15) is 0 Å². The molecule has 0 bridgehead atoms. The summed E-state index contributed by atoms with van der Waals surface area (Å²) in [6.07, 6.45) is -0.469. The fourth-order valence-electron chi connectivity index (χ4n) is 4.34. The molecule has 1 saturated heterocycles. The summed E-state index contributed by atoms with van der Waals surface area (Å²) in [4.78, 5) is 54.6. The van der Waals surface area contributed by atoms with Crippen LogP contribution in [0, 0.1) is 5.92 Å². The van der Waals surface area contributed by atoms with Crippen LogP contribution in [0.3, 0.4) is 0 Å². The molecule has 3 N–H and O–H groups in total. The van der Waals surface area contributed by atoms with Gasteiger partial charge in [0.05, 0.1) is 11.4 Å². The van der Waals surface area contributed by atoms with Crippen molar-refractivity contribution in [2.75, 3.05) is 39.3 Å². The molecule has 0 radical (unpaired) electrons. The molecule has 0 unspecified atom stereocenters. The summed E-state index contributed by atoms with van der Waals surface area (Å²) in [5, 5.41) is 12.0. The van der Waals surface area contributed by atoms with Gasteiger partial charge >= 0.3 is 11.8 Å². The van der Waals surface area contributed by atoms with E-state index in [2.05, 4.69) is 15.2 Å². The molecule has 0 aliphatic carbocycles. The van der Waals surface area contributed by atoms with E-state index in [-0.39, 0.29) is 18.2 Å². The standard InChI is InChI=1S/C25H27ClN4O6/c26-19-4-1-16(2-5-19)13-18(15-27-24(33)34)23(32)30-11-9-29(10-12-30)8-7-21(31)17-3-6-20-22(14-17)36-25(35)28-20/h1-6,14,18,27H,7-13,15H2,(H,28,35)(H,33,34)/t18-/m1/s1. The number of benzene rings is 2. The largest absolute Gasteiger partial charge is 0.465 e. The summed E-state index contributed by atoms with van der Waals surface area (Å²) >= 11 is 5.95. The Bertz CT molecular complexity index is 1290. The first kappa shape index (κ1) is 25.5. The molecule has 1 atom stereocenters. The van der Waals surface area contributed by atoms with E-state index in [1.807, 2.05) is 12.1 Å². The second-order valence-electron chi connectivity index (χ2n) is 8.78. The number of carbonyl (C=O) groups is 3. The lowest BCUT2D eigenvalue weighted by Gasteiger charge is -2.36. The Hall–Kier alpha value is -3.63. The summed E-state index contributed by atoms with van der Waals surface area (Å²) in [5.41, 5.74) is 2.28. The number of hydrogen-bond donors (Lipinski definition) is 3. The number of oxazole rings is 1. The summed E-state index contributed by atoms with van der Waals surface area (Å²) < 4.78 is 5.03. The molecule has 11 heteroatoms. The molecule has 0 saturated carbocycles. The van der Waals surface area contributed by atoms with Crippen molar-refractivity contribution in [2.45, 2.75) is 12.8 Å². The average molecular weight is 515 g/mol. The van der Waals surface area contributed by atoms with Gasteiger partial charge in [0.15, 0.2) is 11.4 Å². The third-order valence-electron chi connectivity index (χ3n) is 6.33. The highest BCUT2D eigenvalue weighted by molar-refractivity contribution is 6.30. The molecule has 1 aromatic heterocycles. The minimum absolute atomic E-state index is 0.0249. The molecular formula is C25H27ClN4O6. The minimum Gasteiger partial charge on any atom is -0.465 e. The number of rotatable bonds is 9. The number of Topliss-reactive ketones (excluding diaryl/α,β-unsaturated/α-hetero) is 1. The number of carboxylic acid groups (broad SMARTS) is 1. The van der Waals surface area contributed by atoms with Gasteiger partial charge in [0.2, 0.25) is 5.91 Å². The predicted molar refractivity (Wildman–Crippen MR) is 133 cm³/mol. The third kappa shape index (κ3) is 6.52. The number of halogens is 1. The fourth-order valence-corrected chi connectivity index (χ4v) is 4.46. The highest BCUT2D eigenvalue weighted by Crippen LogP contribution is 2.17. The smallest absolute Gasteiger partial charge is 0.417 e. The number of ketones is 1. The Kier molecular flexibility index (Phi) is 8.07. The number of amides is 2. The zero-order valence-electron chi connectivity index (χ0n) is 19.5. The van der Waals surface area contributed by atoms with Crippen molar-refractivity contribution in [2.24, 2.45) is 5.92 Å². The van der Waals surface area contributed by atoms with Crippen LogP contribution in [0.5, 0.6) is 0 Å². The average Bonchev–Trinajstić information content (AvgIpc) is 3.25. The SMILES string of the molecule is O=C(O)NC[C@@H](Cc1ccc(Cl)cc1)C(=O)N1CCN(CCC(=O)c2ccc3[nH]c(=O)oc3c2)CC1. The molecule has 2 heterocycles. The Balaban J connectivity index is 1.29. The lowest BCUT2D eigenvalue weighted by atomic mass is 9.97. The number of aromatic amines is 1. The third-order valence-corrected chi connectivity index (χ3v) is 6.58. The van der Waals surface area contributed by atoms with E-state index in [9.17, 15) is 19.2 Å². The van der Waals surface area contributed by atoms with Gasteiger partial charge in [-0.25, -0.2) is 9.59 Å². The molecule has 1 fully saturated rings. The number of aromatic nitrogens is 1. The van der Waals surface area contributed by atoms with Gasteiger partial charge in [-0.1, -0.05) is 23.7 Å². The predicted octanol–water partition coefficient (Wildman–Crippen LogP) is 2.62. The summed E-state index contributed by atoms with van der Waals surface area (Å²) in [7, 11) is 0. The van der Waals surface area contributed by atoms with Crippen LogP contribution in [-0.2, 0) is 11.2 Å². The monoisotopic (exact) mass is 514 g/mol. The van der Waals surface area contributed by atoms with Gasteiger partial charge in [-0.3, -0.25) is 19.5 Å². The number of nitrogens with zero attached hydrogens (tertiary/aromatic N) is 2. The van der Waals surface area contributed by atoms with Crippen LogP contribution in [0.2, 0.25) is 5.02 Å². The Morgan fingerprint density at radius 2 is 1.81 bits per heavy atom. The van der Waals surface area contributed by atoms with Gasteiger partial charge in [-0.05, 0) is 42.3 Å².